The molecule has 0 heterocycles. The van der Waals surface area contributed by atoms with Gasteiger partial charge in [-0.2, -0.15) is 0 Å². The van der Waals surface area contributed by atoms with Crippen molar-refractivity contribution in [2.75, 3.05) is 20.7 Å². The van der Waals surface area contributed by atoms with E-state index in [-0.39, 0.29) is 0 Å². The fourth-order valence-electron chi connectivity index (χ4n) is 3.28. The van der Waals surface area contributed by atoms with Crippen LogP contribution in [0.15, 0.2) is 0 Å². The lowest BCUT2D eigenvalue weighted by Crippen LogP contribution is -2.57. The zero-order valence-electron chi connectivity index (χ0n) is 14.5. The van der Waals surface area contributed by atoms with Crippen LogP contribution >= 0.6 is 0 Å². The van der Waals surface area contributed by atoms with E-state index in [0.717, 1.165) is 6.61 Å². The highest BCUT2D eigenvalue weighted by molar-refractivity contribution is 6.73. The van der Waals surface area contributed by atoms with Crippen molar-refractivity contribution in [1.82, 2.24) is 4.57 Å². The molecule has 0 unspecified atom stereocenters. The molecule has 3 heteroatoms. The second kappa shape index (κ2) is 9.95. The van der Waals surface area contributed by atoms with Crippen molar-refractivity contribution in [2.24, 2.45) is 0 Å². The van der Waals surface area contributed by atoms with Gasteiger partial charge in [-0.05, 0) is 31.6 Å². The summed E-state index contributed by atoms with van der Waals surface area (Å²) in [4.78, 5) is 0. The van der Waals surface area contributed by atoms with Gasteiger partial charge in [-0.3, -0.25) is 0 Å². The minimum Gasteiger partial charge on any atom is -0.402 e. The van der Waals surface area contributed by atoms with Gasteiger partial charge in [0, 0.05) is 6.61 Å². The molecule has 116 valence electrons. The Balaban J connectivity index is 4.14. The van der Waals surface area contributed by atoms with Gasteiger partial charge in [-0.15, -0.1) is 0 Å². The monoisotopic (exact) mass is 287 g/mol. The summed E-state index contributed by atoms with van der Waals surface area (Å²) in [6.45, 7) is 12.5. The lowest BCUT2D eigenvalue weighted by molar-refractivity contribution is 0.234. The fourth-order valence-corrected chi connectivity index (χ4v) is 8.08. The van der Waals surface area contributed by atoms with Crippen LogP contribution < -0.4 is 0 Å². The molecule has 0 aliphatic rings. The first-order valence-corrected chi connectivity index (χ1v) is 10.2. The van der Waals surface area contributed by atoms with Gasteiger partial charge in [0.15, 0.2) is 0 Å². The van der Waals surface area contributed by atoms with Crippen LogP contribution in [0.25, 0.3) is 0 Å². The summed E-state index contributed by atoms with van der Waals surface area (Å²) >= 11 is 0. The number of nitrogens with zero attached hydrogens (tertiary/aromatic N) is 1. The van der Waals surface area contributed by atoms with Gasteiger partial charge in [0.1, 0.15) is 0 Å². The van der Waals surface area contributed by atoms with E-state index in [0.29, 0.717) is 11.1 Å². The van der Waals surface area contributed by atoms with Crippen LogP contribution in [-0.2, 0) is 4.43 Å². The van der Waals surface area contributed by atoms with E-state index >= 15 is 0 Å². The molecule has 19 heavy (non-hydrogen) atoms. The van der Waals surface area contributed by atoms with Gasteiger partial charge in [-0.25, -0.2) is 0 Å². The average Bonchev–Trinajstić information content (AvgIpc) is 2.31. The molecule has 0 aliphatic heterocycles. The Hall–Kier alpha value is 0.137. The number of hydrogen-bond acceptors (Lipinski definition) is 2. The van der Waals surface area contributed by atoms with Crippen molar-refractivity contribution in [3.05, 3.63) is 0 Å². The molecule has 0 aliphatic carbocycles. The molecule has 0 aromatic rings. The maximum Gasteiger partial charge on any atom is 0.276 e. The molecule has 0 rings (SSSR count). The van der Waals surface area contributed by atoms with Crippen LogP contribution in [0.1, 0.15) is 73.1 Å². The standard InChI is InChI=1S/C16H37NOSi/c1-8-9-10-11-12-13-14-18-19(15(2)3,16(4)5)17(6)7/h15-16H,8-14H2,1-7H3. The summed E-state index contributed by atoms with van der Waals surface area (Å²) in [5, 5.41) is 0. The second-order valence-electron chi connectivity index (χ2n) is 6.57. The maximum absolute atomic E-state index is 6.49. The van der Waals surface area contributed by atoms with E-state index in [1.165, 1.54) is 38.5 Å². The highest BCUT2D eigenvalue weighted by Crippen LogP contribution is 2.35. The summed E-state index contributed by atoms with van der Waals surface area (Å²) in [5.74, 6) is 0. The summed E-state index contributed by atoms with van der Waals surface area (Å²) in [6, 6.07) is 0. The topological polar surface area (TPSA) is 12.5 Å². The second-order valence-corrected chi connectivity index (χ2v) is 11.6. The molecule has 0 aromatic heterocycles. The van der Waals surface area contributed by atoms with Crippen LogP contribution in [-0.4, -0.2) is 33.7 Å². The van der Waals surface area contributed by atoms with Gasteiger partial charge in [0.2, 0.25) is 0 Å². The Morgan fingerprint density at radius 1 is 0.842 bits per heavy atom. The number of hydrogen-bond donors (Lipinski definition) is 0. The minimum absolute atomic E-state index is 0.641. The first-order chi connectivity index (χ1) is 8.89. The molecular formula is C16H37NOSi. The van der Waals surface area contributed by atoms with E-state index in [9.17, 15) is 0 Å². The first-order valence-electron chi connectivity index (χ1n) is 8.20. The molecule has 0 spiro atoms. The number of rotatable bonds is 11. The van der Waals surface area contributed by atoms with Gasteiger partial charge in [0.25, 0.3) is 8.48 Å². The molecule has 0 radical (unpaired) electrons. The average molecular weight is 288 g/mol. The Kier molecular flexibility index (Phi) is 10.0. The molecule has 0 bridgehead atoms. The summed E-state index contributed by atoms with van der Waals surface area (Å²) in [7, 11) is 2.63. The zero-order valence-corrected chi connectivity index (χ0v) is 15.5. The fraction of sp³-hybridized carbons (Fsp3) is 1.00. The summed E-state index contributed by atoms with van der Waals surface area (Å²) in [5.41, 5.74) is 1.28. The van der Waals surface area contributed by atoms with Crippen LogP contribution in [0.2, 0.25) is 11.1 Å². The summed E-state index contributed by atoms with van der Waals surface area (Å²) < 4.78 is 8.89. The highest BCUT2D eigenvalue weighted by Gasteiger charge is 2.44. The van der Waals surface area contributed by atoms with E-state index in [2.05, 4.69) is 53.3 Å². The Morgan fingerprint density at radius 3 is 1.74 bits per heavy atom. The molecule has 0 aromatic carbocycles. The van der Waals surface area contributed by atoms with E-state index in [1.807, 2.05) is 0 Å². The van der Waals surface area contributed by atoms with Crippen LogP contribution in [0, 0.1) is 0 Å². The Labute approximate surface area is 123 Å². The van der Waals surface area contributed by atoms with Crippen molar-refractivity contribution in [2.45, 2.75) is 84.2 Å². The normalized spacial score (nSPS) is 12.9. The van der Waals surface area contributed by atoms with Crippen molar-refractivity contribution < 1.29 is 4.43 Å². The Morgan fingerprint density at radius 2 is 1.32 bits per heavy atom. The highest BCUT2D eigenvalue weighted by atomic mass is 28.4. The molecule has 2 nitrogen and oxygen atoms in total. The molecule has 0 atom stereocenters. The largest absolute Gasteiger partial charge is 0.402 e. The van der Waals surface area contributed by atoms with Crippen molar-refractivity contribution >= 4 is 8.48 Å². The van der Waals surface area contributed by atoms with Crippen LogP contribution in [0.5, 0.6) is 0 Å². The maximum atomic E-state index is 6.49. The van der Waals surface area contributed by atoms with Crippen molar-refractivity contribution in [1.29, 1.82) is 0 Å². The quantitative estimate of drug-likeness (QED) is 0.383. The SMILES string of the molecule is CCCCCCCCO[Si](C(C)C)(C(C)C)N(C)C. The van der Waals surface area contributed by atoms with Gasteiger partial charge in [-0.1, -0.05) is 66.7 Å². The minimum atomic E-state index is -1.77. The van der Waals surface area contributed by atoms with Gasteiger partial charge in [0.05, 0.1) is 0 Å². The predicted molar refractivity (Wildman–Crippen MR) is 89.0 cm³/mol. The predicted octanol–water partition coefficient (Wildman–Crippen LogP) is 5.19. The van der Waals surface area contributed by atoms with Crippen LogP contribution in [0.3, 0.4) is 0 Å². The lowest BCUT2D eigenvalue weighted by atomic mass is 10.1. The third-order valence-corrected chi connectivity index (χ3v) is 9.56. The van der Waals surface area contributed by atoms with E-state index in [4.69, 9.17) is 4.43 Å². The molecule has 0 N–H and O–H groups in total. The van der Waals surface area contributed by atoms with E-state index in [1.54, 1.807) is 0 Å². The van der Waals surface area contributed by atoms with E-state index < -0.39 is 8.48 Å². The smallest absolute Gasteiger partial charge is 0.276 e. The number of unbranched alkanes of at least 4 members (excludes halogenated alkanes) is 5. The van der Waals surface area contributed by atoms with Gasteiger partial charge >= 0.3 is 0 Å². The summed E-state index contributed by atoms with van der Waals surface area (Å²) in [6.07, 6.45) is 8.03. The third-order valence-electron chi connectivity index (χ3n) is 4.18. The first kappa shape index (κ1) is 19.1. The van der Waals surface area contributed by atoms with Crippen molar-refractivity contribution in [3.8, 4) is 0 Å². The molecule has 0 fully saturated rings. The lowest BCUT2D eigenvalue weighted by Gasteiger charge is -2.43. The van der Waals surface area contributed by atoms with Crippen LogP contribution in [0.4, 0.5) is 0 Å². The Bertz CT molecular complexity index is 195. The van der Waals surface area contributed by atoms with Gasteiger partial charge < -0.3 is 8.99 Å². The molecular weight excluding hydrogens is 250 g/mol. The van der Waals surface area contributed by atoms with Crippen molar-refractivity contribution in [3.63, 3.8) is 0 Å². The third kappa shape index (κ3) is 5.97. The molecule has 0 amide bonds. The zero-order chi connectivity index (χ0) is 14.9. The molecule has 0 saturated heterocycles. The molecule has 0 saturated carbocycles.